The monoisotopic (exact) mass is 295 g/mol. The summed E-state index contributed by atoms with van der Waals surface area (Å²) in [4.78, 5) is 27.8. The third-order valence-corrected chi connectivity index (χ3v) is 3.21. The van der Waals surface area contributed by atoms with Gasteiger partial charge in [0.1, 0.15) is 12.0 Å². The lowest BCUT2D eigenvalue weighted by Crippen LogP contribution is -2.31. The second kappa shape index (κ2) is 7.53. The minimum Gasteiger partial charge on any atom is -0.383 e. The van der Waals surface area contributed by atoms with E-state index in [2.05, 4.69) is 29.0 Å². The Labute approximate surface area is 123 Å². The van der Waals surface area contributed by atoms with Crippen molar-refractivity contribution in [3.05, 3.63) is 27.9 Å². The Morgan fingerprint density at radius 3 is 2.81 bits per heavy atom. The average Bonchev–Trinajstić information content (AvgIpc) is 2.43. The van der Waals surface area contributed by atoms with Crippen molar-refractivity contribution in [1.29, 1.82) is 0 Å². The van der Waals surface area contributed by atoms with Gasteiger partial charge in [-0.15, -0.1) is 0 Å². The van der Waals surface area contributed by atoms with E-state index in [9.17, 15) is 14.9 Å². The summed E-state index contributed by atoms with van der Waals surface area (Å²) in [5.74, 6) is -0.465. The zero-order valence-electron chi connectivity index (χ0n) is 12.5. The van der Waals surface area contributed by atoms with E-state index in [1.807, 2.05) is 7.05 Å². The van der Waals surface area contributed by atoms with Gasteiger partial charge in [0.05, 0.1) is 10.5 Å². The predicted molar refractivity (Wildman–Crippen MR) is 80.0 cm³/mol. The lowest BCUT2D eigenvalue weighted by molar-refractivity contribution is -0.385. The number of anilines is 1. The van der Waals surface area contributed by atoms with E-state index in [1.54, 1.807) is 0 Å². The van der Waals surface area contributed by atoms with Crippen LogP contribution in [-0.4, -0.2) is 46.9 Å². The number of nitro groups is 1. The summed E-state index contributed by atoms with van der Waals surface area (Å²) >= 11 is 0. The molecule has 8 nitrogen and oxygen atoms in total. The number of aromatic nitrogens is 1. The van der Waals surface area contributed by atoms with Crippen LogP contribution in [-0.2, 0) is 0 Å². The van der Waals surface area contributed by atoms with Crippen LogP contribution >= 0.6 is 0 Å². The summed E-state index contributed by atoms with van der Waals surface area (Å²) in [6.07, 6.45) is 1.81. The number of nitrogens with zero attached hydrogens (tertiary/aromatic N) is 3. The molecule has 0 aliphatic carbocycles. The fourth-order valence-corrected chi connectivity index (χ4v) is 1.63. The molecule has 0 aromatic carbocycles. The van der Waals surface area contributed by atoms with Gasteiger partial charge in [0.25, 0.3) is 11.6 Å². The van der Waals surface area contributed by atoms with Crippen LogP contribution in [0.2, 0.25) is 0 Å². The largest absolute Gasteiger partial charge is 0.383 e. The number of hydrogen-bond donors (Lipinski definition) is 2. The van der Waals surface area contributed by atoms with Gasteiger partial charge in [0.15, 0.2) is 0 Å². The van der Waals surface area contributed by atoms with Crippen molar-refractivity contribution in [3.8, 4) is 0 Å². The van der Waals surface area contributed by atoms with Gasteiger partial charge in [0, 0.05) is 18.7 Å². The highest BCUT2D eigenvalue weighted by Crippen LogP contribution is 2.16. The molecule has 0 spiro atoms. The summed E-state index contributed by atoms with van der Waals surface area (Å²) < 4.78 is 0. The minimum atomic E-state index is -0.610. The highest BCUT2D eigenvalue weighted by Gasteiger charge is 2.16. The Hall–Kier alpha value is -2.22. The van der Waals surface area contributed by atoms with Crippen LogP contribution in [0.15, 0.2) is 12.3 Å². The number of rotatable bonds is 7. The lowest BCUT2D eigenvalue weighted by atomic mass is 10.2. The van der Waals surface area contributed by atoms with E-state index in [0.29, 0.717) is 12.6 Å². The van der Waals surface area contributed by atoms with E-state index in [0.717, 1.165) is 25.2 Å². The highest BCUT2D eigenvalue weighted by molar-refractivity contribution is 5.98. The van der Waals surface area contributed by atoms with E-state index in [1.165, 1.54) is 0 Å². The van der Waals surface area contributed by atoms with Crippen molar-refractivity contribution in [1.82, 2.24) is 15.2 Å². The molecule has 0 radical (unpaired) electrons. The summed E-state index contributed by atoms with van der Waals surface area (Å²) in [5, 5.41) is 13.4. The molecule has 0 saturated heterocycles. The number of nitrogens with one attached hydrogen (secondary N) is 1. The number of hydrogen-bond acceptors (Lipinski definition) is 6. The maximum absolute atomic E-state index is 12.0. The predicted octanol–water partition coefficient (Wildman–Crippen LogP) is 1.03. The van der Waals surface area contributed by atoms with E-state index in [-0.39, 0.29) is 17.1 Å². The average molecular weight is 295 g/mol. The molecule has 8 heteroatoms. The first-order chi connectivity index (χ1) is 9.82. The minimum absolute atomic E-state index is 0.0163. The van der Waals surface area contributed by atoms with E-state index in [4.69, 9.17) is 5.73 Å². The fourth-order valence-electron chi connectivity index (χ4n) is 1.63. The first-order valence-corrected chi connectivity index (χ1v) is 6.71. The van der Waals surface area contributed by atoms with Gasteiger partial charge in [-0.3, -0.25) is 14.9 Å². The van der Waals surface area contributed by atoms with Crippen molar-refractivity contribution in [3.63, 3.8) is 0 Å². The molecule has 0 unspecified atom stereocenters. The molecule has 0 bridgehead atoms. The Balaban J connectivity index is 2.56. The van der Waals surface area contributed by atoms with Gasteiger partial charge in [-0.1, -0.05) is 0 Å². The highest BCUT2D eigenvalue weighted by atomic mass is 16.6. The number of carbonyl (C=O) groups is 1. The number of nitrogens with two attached hydrogens (primary N) is 1. The Kier molecular flexibility index (Phi) is 6.04. The van der Waals surface area contributed by atoms with Gasteiger partial charge in [-0.2, -0.15) is 0 Å². The molecule has 0 aliphatic rings. The number of amides is 1. The Morgan fingerprint density at radius 2 is 2.24 bits per heavy atom. The summed E-state index contributed by atoms with van der Waals surface area (Å²) in [6.45, 7) is 5.50. The standard InChI is InChI=1S/C13H21N5O3/c1-9(2)17(3)6-4-5-15-13(19)11-7-10(18(20)21)8-16-12(11)14/h7-9H,4-6H2,1-3H3,(H2,14,16)(H,15,19). The van der Waals surface area contributed by atoms with Gasteiger partial charge in [-0.25, -0.2) is 4.98 Å². The van der Waals surface area contributed by atoms with Crippen LogP contribution in [0.1, 0.15) is 30.6 Å². The van der Waals surface area contributed by atoms with E-state index < -0.39 is 10.8 Å². The molecule has 3 N–H and O–H groups in total. The number of carbonyl (C=O) groups excluding carboxylic acids is 1. The SMILES string of the molecule is CC(C)N(C)CCCNC(=O)c1cc([N+](=O)[O-])cnc1N. The summed E-state index contributed by atoms with van der Waals surface area (Å²) in [6, 6.07) is 1.58. The Morgan fingerprint density at radius 1 is 1.57 bits per heavy atom. The van der Waals surface area contributed by atoms with Crippen LogP contribution in [0.5, 0.6) is 0 Å². The van der Waals surface area contributed by atoms with Crippen LogP contribution < -0.4 is 11.1 Å². The maximum atomic E-state index is 12.0. The maximum Gasteiger partial charge on any atom is 0.288 e. The molecule has 116 valence electrons. The molecular formula is C13H21N5O3. The smallest absolute Gasteiger partial charge is 0.288 e. The van der Waals surface area contributed by atoms with Gasteiger partial charge < -0.3 is 16.0 Å². The molecule has 1 amide bonds. The first-order valence-electron chi connectivity index (χ1n) is 6.71. The van der Waals surface area contributed by atoms with Crippen molar-refractivity contribution < 1.29 is 9.72 Å². The molecule has 0 aliphatic heterocycles. The second-order valence-corrected chi connectivity index (χ2v) is 5.07. The molecule has 0 atom stereocenters. The number of nitrogen functional groups attached to an aromatic ring is 1. The molecule has 1 heterocycles. The van der Waals surface area contributed by atoms with Crippen LogP contribution in [0, 0.1) is 10.1 Å². The summed E-state index contributed by atoms with van der Waals surface area (Å²) in [7, 11) is 2.01. The van der Waals surface area contributed by atoms with Gasteiger partial charge in [-0.05, 0) is 33.9 Å². The zero-order chi connectivity index (χ0) is 16.0. The Bertz CT molecular complexity index is 519. The molecule has 1 aromatic rings. The third-order valence-electron chi connectivity index (χ3n) is 3.21. The topological polar surface area (TPSA) is 114 Å². The zero-order valence-corrected chi connectivity index (χ0v) is 12.5. The van der Waals surface area contributed by atoms with Crippen LogP contribution in [0.4, 0.5) is 11.5 Å². The molecule has 1 rings (SSSR count). The molecule has 0 fully saturated rings. The lowest BCUT2D eigenvalue weighted by Gasteiger charge is -2.20. The van der Waals surface area contributed by atoms with Crippen LogP contribution in [0.3, 0.4) is 0 Å². The first kappa shape index (κ1) is 16.8. The number of pyridine rings is 1. The molecule has 21 heavy (non-hydrogen) atoms. The van der Waals surface area contributed by atoms with Crippen molar-refractivity contribution in [2.24, 2.45) is 0 Å². The third kappa shape index (κ3) is 4.99. The van der Waals surface area contributed by atoms with Gasteiger partial charge in [0.2, 0.25) is 0 Å². The molecule has 0 saturated carbocycles. The van der Waals surface area contributed by atoms with Crippen molar-refractivity contribution in [2.75, 3.05) is 25.9 Å². The quantitative estimate of drug-likeness (QED) is 0.441. The van der Waals surface area contributed by atoms with E-state index >= 15 is 0 Å². The summed E-state index contributed by atoms with van der Waals surface area (Å²) in [5.41, 5.74) is 5.35. The van der Waals surface area contributed by atoms with Crippen molar-refractivity contribution in [2.45, 2.75) is 26.3 Å². The van der Waals surface area contributed by atoms with Gasteiger partial charge >= 0.3 is 0 Å². The molecule has 1 aromatic heterocycles. The molecular weight excluding hydrogens is 274 g/mol. The second-order valence-electron chi connectivity index (χ2n) is 5.07. The van der Waals surface area contributed by atoms with Crippen LogP contribution in [0.25, 0.3) is 0 Å². The van der Waals surface area contributed by atoms with Crippen molar-refractivity contribution >= 4 is 17.4 Å². The normalized spacial score (nSPS) is 10.9. The fraction of sp³-hybridized carbons (Fsp3) is 0.538.